The average molecular weight is 315 g/mol. The van der Waals surface area contributed by atoms with Crippen LogP contribution in [0.5, 0.6) is 5.75 Å². The monoisotopic (exact) mass is 314 g/mol. The minimum absolute atomic E-state index is 0.0878. The molecule has 1 aliphatic heterocycles. The third-order valence-electron chi connectivity index (χ3n) is 3.49. The number of hydrogen-bond donors (Lipinski definition) is 0. The molecule has 0 atom stereocenters. The minimum atomic E-state index is -0.0878. The summed E-state index contributed by atoms with van der Waals surface area (Å²) in [6, 6.07) is 14.5. The lowest BCUT2D eigenvalue weighted by molar-refractivity contribution is 0.0858. The predicted octanol–water partition coefficient (Wildman–Crippen LogP) is 3.25. The summed E-state index contributed by atoms with van der Waals surface area (Å²) in [5, 5.41) is 0.626. The molecule has 0 unspecified atom stereocenters. The summed E-state index contributed by atoms with van der Waals surface area (Å²) in [5.41, 5.74) is 1.43. The van der Waals surface area contributed by atoms with Gasteiger partial charge in [0.05, 0.1) is 13.7 Å². The van der Waals surface area contributed by atoms with Crippen LogP contribution in [0.2, 0.25) is 5.02 Å². The molecule has 1 amide bonds. The van der Waals surface area contributed by atoms with Gasteiger partial charge >= 0.3 is 0 Å². The van der Waals surface area contributed by atoms with Crippen molar-refractivity contribution >= 4 is 23.3 Å². The van der Waals surface area contributed by atoms with Gasteiger partial charge in [0, 0.05) is 22.7 Å². The molecule has 2 aromatic carbocycles. The maximum absolute atomic E-state index is 12.7. The van der Waals surface area contributed by atoms with E-state index in [1.54, 1.807) is 36.3 Å². The van der Waals surface area contributed by atoms with Crippen LogP contribution in [0.25, 0.3) is 0 Å². The molecule has 0 bridgehead atoms. The topological polar surface area (TPSA) is 41.9 Å². The number of carbonyl (C=O) groups excluding carboxylic acids is 1. The second-order valence-corrected chi connectivity index (χ2v) is 5.34. The third-order valence-corrected chi connectivity index (χ3v) is 3.72. The van der Waals surface area contributed by atoms with Crippen molar-refractivity contribution in [2.24, 2.45) is 4.99 Å². The van der Waals surface area contributed by atoms with Crippen molar-refractivity contribution in [3.63, 3.8) is 0 Å². The van der Waals surface area contributed by atoms with E-state index in [4.69, 9.17) is 16.3 Å². The first kappa shape index (κ1) is 14.6. The Hall–Kier alpha value is -2.33. The van der Waals surface area contributed by atoms with Gasteiger partial charge in [-0.2, -0.15) is 0 Å². The number of amides is 1. The van der Waals surface area contributed by atoms with Gasteiger partial charge in [-0.1, -0.05) is 29.8 Å². The van der Waals surface area contributed by atoms with E-state index >= 15 is 0 Å². The van der Waals surface area contributed by atoms with E-state index in [2.05, 4.69) is 4.99 Å². The molecular formula is C17H15ClN2O2. The van der Waals surface area contributed by atoms with Gasteiger partial charge < -0.3 is 4.74 Å². The molecule has 0 aromatic heterocycles. The van der Waals surface area contributed by atoms with Crippen LogP contribution in [0.1, 0.15) is 15.9 Å². The minimum Gasteiger partial charge on any atom is -0.497 e. The van der Waals surface area contributed by atoms with Crippen LogP contribution in [-0.2, 0) is 0 Å². The number of carbonyl (C=O) groups is 1. The Labute approximate surface area is 134 Å². The highest BCUT2D eigenvalue weighted by molar-refractivity contribution is 6.31. The molecule has 0 spiro atoms. The second kappa shape index (κ2) is 6.20. The quantitative estimate of drug-likeness (QED) is 0.872. The molecule has 0 N–H and O–H groups in total. The number of hydrogen-bond acceptors (Lipinski definition) is 3. The summed E-state index contributed by atoms with van der Waals surface area (Å²) in [4.78, 5) is 18.9. The number of rotatable bonds is 3. The van der Waals surface area contributed by atoms with Gasteiger partial charge in [-0.3, -0.25) is 14.7 Å². The Morgan fingerprint density at radius 2 is 2.05 bits per heavy atom. The van der Waals surface area contributed by atoms with Crippen LogP contribution in [0.15, 0.2) is 53.5 Å². The van der Waals surface area contributed by atoms with E-state index in [9.17, 15) is 4.79 Å². The zero-order chi connectivity index (χ0) is 15.5. The highest BCUT2D eigenvalue weighted by atomic mass is 35.5. The number of methoxy groups -OCH3 is 1. The molecule has 0 aliphatic carbocycles. The van der Waals surface area contributed by atoms with Crippen LogP contribution >= 0.6 is 11.6 Å². The second-order valence-electron chi connectivity index (χ2n) is 4.90. The highest BCUT2D eigenvalue weighted by Gasteiger charge is 2.26. The van der Waals surface area contributed by atoms with Crippen LogP contribution < -0.4 is 4.74 Å². The molecule has 0 fully saturated rings. The first-order chi connectivity index (χ1) is 10.7. The van der Waals surface area contributed by atoms with Crippen molar-refractivity contribution in [2.45, 2.75) is 0 Å². The van der Waals surface area contributed by atoms with Gasteiger partial charge in [-0.25, -0.2) is 0 Å². The molecule has 112 valence electrons. The summed E-state index contributed by atoms with van der Waals surface area (Å²) in [5.74, 6) is 1.23. The lowest BCUT2D eigenvalue weighted by Crippen LogP contribution is -2.34. The van der Waals surface area contributed by atoms with Crippen molar-refractivity contribution in [1.82, 2.24) is 4.90 Å². The van der Waals surface area contributed by atoms with Crippen molar-refractivity contribution < 1.29 is 9.53 Å². The van der Waals surface area contributed by atoms with Crippen molar-refractivity contribution in [1.29, 1.82) is 0 Å². The molecule has 3 rings (SSSR count). The van der Waals surface area contributed by atoms with E-state index in [1.807, 2.05) is 24.3 Å². The zero-order valence-corrected chi connectivity index (χ0v) is 12.9. The standard InChI is InChI=1S/C17H15ClN2O2/c1-22-15-7-3-5-13(11-15)17(21)20-9-8-19-16(20)12-4-2-6-14(18)10-12/h2-7,10-11H,8-9H2,1H3. The molecule has 2 aromatic rings. The summed E-state index contributed by atoms with van der Waals surface area (Å²) in [7, 11) is 1.58. The Morgan fingerprint density at radius 1 is 1.23 bits per heavy atom. The summed E-state index contributed by atoms with van der Waals surface area (Å²) in [6.45, 7) is 1.16. The number of benzene rings is 2. The lowest BCUT2D eigenvalue weighted by Gasteiger charge is -2.19. The van der Waals surface area contributed by atoms with Crippen LogP contribution in [-0.4, -0.2) is 36.8 Å². The van der Waals surface area contributed by atoms with Crippen molar-refractivity contribution in [3.8, 4) is 5.75 Å². The fourth-order valence-corrected chi connectivity index (χ4v) is 2.62. The number of amidine groups is 1. The number of ether oxygens (including phenoxy) is 1. The van der Waals surface area contributed by atoms with Gasteiger partial charge in [0.1, 0.15) is 11.6 Å². The van der Waals surface area contributed by atoms with Crippen molar-refractivity contribution in [2.75, 3.05) is 20.2 Å². The van der Waals surface area contributed by atoms with E-state index in [0.717, 1.165) is 5.56 Å². The fraction of sp³-hybridized carbons (Fsp3) is 0.176. The van der Waals surface area contributed by atoms with Gasteiger partial charge in [-0.15, -0.1) is 0 Å². The summed E-state index contributed by atoms with van der Waals surface area (Å²) < 4.78 is 5.18. The largest absolute Gasteiger partial charge is 0.497 e. The van der Waals surface area contributed by atoms with E-state index in [0.29, 0.717) is 35.3 Å². The highest BCUT2D eigenvalue weighted by Crippen LogP contribution is 2.20. The number of nitrogens with zero attached hydrogens (tertiary/aromatic N) is 2. The normalized spacial score (nSPS) is 13.9. The predicted molar refractivity (Wildman–Crippen MR) is 86.9 cm³/mol. The van der Waals surface area contributed by atoms with Crippen LogP contribution in [0.4, 0.5) is 0 Å². The molecule has 22 heavy (non-hydrogen) atoms. The molecule has 4 nitrogen and oxygen atoms in total. The molecule has 0 radical (unpaired) electrons. The Balaban J connectivity index is 1.90. The van der Waals surface area contributed by atoms with Gasteiger partial charge in [-0.05, 0) is 30.3 Å². The van der Waals surface area contributed by atoms with Gasteiger partial charge in [0.2, 0.25) is 0 Å². The first-order valence-electron chi connectivity index (χ1n) is 6.95. The van der Waals surface area contributed by atoms with Gasteiger partial charge in [0.25, 0.3) is 5.91 Å². The summed E-state index contributed by atoms with van der Waals surface area (Å²) in [6.07, 6.45) is 0. The lowest BCUT2D eigenvalue weighted by atomic mass is 10.1. The molecule has 1 aliphatic rings. The van der Waals surface area contributed by atoms with Crippen LogP contribution in [0.3, 0.4) is 0 Å². The zero-order valence-electron chi connectivity index (χ0n) is 12.1. The first-order valence-corrected chi connectivity index (χ1v) is 7.33. The fourth-order valence-electron chi connectivity index (χ4n) is 2.43. The van der Waals surface area contributed by atoms with Crippen LogP contribution in [0, 0.1) is 0 Å². The Bertz CT molecular complexity index is 743. The Morgan fingerprint density at radius 3 is 2.82 bits per heavy atom. The Kier molecular flexibility index (Phi) is 4.11. The molecule has 0 saturated carbocycles. The number of aliphatic imine (C=N–C) groups is 1. The molecule has 5 heteroatoms. The molecule has 0 saturated heterocycles. The third kappa shape index (κ3) is 2.83. The van der Waals surface area contributed by atoms with Crippen molar-refractivity contribution in [3.05, 3.63) is 64.7 Å². The van der Waals surface area contributed by atoms with E-state index in [-0.39, 0.29) is 5.91 Å². The SMILES string of the molecule is COc1cccc(C(=O)N2CCN=C2c2cccc(Cl)c2)c1. The smallest absolute Gasteiger partial charge is 0.259 e. The maximum atomic E-state index is 12.7. The maximum Gasteiger partial charge on any atom is 0.259 e. The molecular weight excluding hydrogens is 300 g/mol. The van der Waals surface area contributed by atoms with Gasteiger partial charge in [0.15, 0.2) is 0 Å². The average Bonchev–Trinajstić information content (AvgIpc) is 3.04. The number of halogens is 1. The molecule has 1 heterocycles. The van der Waals surface area contributed by atoms with E-state index < -0.39 is 0 Å². The van der Waals surface area contributed by atoms with E-state index in [1.165, 1.54) is 0 Å². The summed E-state index contributed by atoms with van der Waals surface area (Å²) >= 11 is 6.03.